The Morgan fingerprint density at radius 2 is 1.96 bits per heavy atom. The van der Waals surface area contributed by atoms with Crippen molar-refractivity contribution in [1.29, 1.82) is 0 Å². The molecular weight excluding hydrogens is 356 g/mol. The van der Waals surface area contributed by atoms with E-state index in [2.05, 4.69) is 31.4 Å². The van der Waals surface area contributed by atoms with Gasteiger partial charge in [0.05, 0.1) is 0 Å². The van der Waals surface area contributed by atoms with Crippen molar-refractivity contribution in [3.63, 3.8) is 0 Å². The highest BCUT2D eigenvalue weighted by atomic mass is 35.5. The third kappa shape index (κ3) is 4.68. The summed E-state index contributed by atoms with van der Waals surface area (Å²) >= 11 is 0. The molecule has 1 spiro atoms. The molecule has 1 saturated carbocycles. The first kappa shape index (κ1) is 22.7. The van der Waals surface area contributed by atoms with Gasteiger partial charge in [-0.2, -0.15) is 0 Å². The molecule has 0 unspecified atom stereocenters. The molecular formula is C18H33ClN4O3. The zero-order valence-electron chi connectivity index (χ0n) is 16.1. The summed E-state index contributed by atoms with van der Waals surface area (Å²) in [6, 6.07) is -0.452. The normalized spacial score (nSPS) is 25.8. The van der Waals surface area contributed by atoms with E-state index in [1.165, 1.54) is 0 Å². The van der Waals surface area contributed by atoms with Crippen LogP contribution < -0.4 is 16.4 Å². The van der Waals surface area contributed by atoms with Gasteiger partial charge in [0, 0.05) is 6.54 Å². The quantitative estimate of drug-likeness (QED) is 0.456. The maximum absolute atomic E-state index is 12.8. The van der Waals surface area contributed by atoms with Crippen LogP contribution in [0.5, 0.6) is 0 Å². The molecule has 4 amide bonds. The topological polar surface area (TPSA) is 105 Å². The second kappa shape index (κ2) is 9.04. The maximum atomic E-state index is 12.8. The number of halogens is 1. The molecule has 0 aromatic heterocycles. The molecule has 1 heterocycles. The van der Waals surface area contributed by atoms with Crippen molar-refractivity contribution in [1.82, 2.24) is 15.5 Å². The summed E-state index contributed by atoms with van der Waals surface area (Å²) in [5.74, 6) is -0.0181. The Hall–Kier alpha value is -1.34. The van der Waals surface area contributed by atoms with E-state index in [4.69, 9.17) is 5.73 Å². The minimum absolute atomic E-state index is 0. The molecule has 8 heteroatoms. The smallest absolute Gasteiger partial charge is 0.325 e. The number of hydrogen-bond acceptors (Lipinski definition) is 4. The third-order valence-corrected chi connectivity index (χ3v) is 6.11. The molecule has 0 aromatic rings. The van der Waals surface area contributed by atoms with Gasteiger partial charge in [-0.05, 0) is 50.0 Å². The minimum atomic E-state index is -0.811. The fraction of sp³-hybridized carbons (Fsp3) is 0.833. The van der Waals surface area contributed by atoms with Gasteiger partial charge in [-0.25, -0.2) is 4.79 Å². The van der Waals surface area contributed by atoms with Crippen molar-refractivity contribution in [3.8, 4) is 0 Å². The predicted molar refractivity (Wildman–Crippen MR) is 103 cm³/mol. The molecule has 1 saturated heterocycles. The molecule has 150 valence electrons. The first-order chi connectivity index (χ1) is 11.8. The second-order valence-electron chi connectivity index (χ2n) is 8.01. The molecule has 2 aliphatic rings. The SMILES string of the molecule is CCC(C)(C)C1CCC2(CC1)NC(=O)N(CC(=O)NCCCN)C2=O.Cl. The van der Waals surface area contributed by atoms with Gasteiger partial charge in [-0.3, -0.25) is 14.5 Å². The molecule has 7 nitrogen and oxygen atoms in total. The van der Waals surface area contributed by atoms with Gasteiger partial charge < -0.3 is 16.4 Å². The van der Waals surface area contributed by atoms with Crippen molar-refractivity contribution in [2.75, 3.05) is 19.6 Å². The molecule has 2 rings (SSSR count). The van der Waals surface area contributed by atoms with E-state index in [0.29, 0.717) is 38.3 Å². The van der Waals surface area contributed by atoms with Crippen LogP contribution in [0, 0.1) is 11.3 Å². The number of urea groups is 1. The predicted octanol–water partition coefficient (Wildman–Crippen LogP) is 1.79. The number of nitrogens with zero attached hydrogens (tertiary/aromatic N) is 1. The summed E-state index contributed by atoms with van der Waals surface area (Å²) in [4.78, 5) is 38.1. The van der Waals surface area contributed by atoms with Crippen molar-refractivity contribution in [2.45, 2.75) is 64.8 Å². The fourth-order valence-electron chi connectivity index (χ4n) is 3.87. The van der Waals surface area contributed by atoms with Gasteiger partial charge in [0.2, 0.25) is 5.91 Å². The average Bonchev–Trinajstić information content (AvgIpc) is 2.80. The van der Waals surface area contributed by atoms with Crippen LogP contribution in [0.3, 0.4) is 0 Å². The van der Waals surface area contributed by atoms with E-state index in [1.807, 2.05) is 0 Å². The number of imide groups is 1. The van der Waals surface area contributed by atoms with Gasteiger partial charge >= 0.3 is 6.03 Å². The lowest BCUT2D eigenvalue weighted by Gasteiger charge is -2.42. The number of carbonyl (C=O) groups excluding carboxylic acids is 3. The van der Waals surface area contributed by atoms with Crippen LogP contribution in [0.25, 0.3) is 0 Å². The van der Waals surface area contributed by atoms with Crippen molar-refractivity contribution in [2.24, 2.45) is 17.1 Å². The molecule has 4 N–H and O–H groups in total. The molecule has 0 bridgehead atoms. The summed E-state index contributed by atoms with van der Waals surface area (Å²) in [5.41, 5.74) is 4.82. The molecule has 26 heavy (non-hydrogen) atoms. The van der Waals surface area contributed by atoms with Crippen LogP contribution >= 0.6 is 12.4 Å². The first-order valence-electron chi connectivity index (χ1n) is 9.36. The van der Waals surface area contributed by atoms with Gasteiger partial charge in [0.25, 0.3) is 5.91 Å². The molecule has 2 fully saturated rings. The number of nitrogens with two attached hydrogens (primary N) is 1. The number of rotatable bonds is 7. The lowest BCUT2D eigenvalue weighted by molar-refractivity contribution is -0.136. The Labute approximate surface area is 162 Å². The van der Waals surface area contributed by atoms with Gasteiger partial charge in [0.1, 0.15) is 12.1 Å². The van der Waals surface area contributed by atoms with E-state index in [1.54, 1.807) is 0 Å². The summed E-state index contributed by atoms with van der Waals surface area (Å²) in [5, 5.41) is 5.55. The van der Waals surface area contributed by atoms with Gasteiger partial charge in [-0.1, -0.05) is 27.2 Å². The Morgan fingerprint density at radius 1 is 1.35 bits per heavy atom. The molecule has 1 aliphatic carbocycles. The number of carbonyl (C=O) groups is 3. The Morgan fingerprint density at radius 3 is 2.50 bits per heavy atom. The van der Waals surface area contributed by atoms with E-state index < -0.39 is 11.6 Å². The van der Waals surface area contributed by atoms with E-state index in [9.17, 15) is 14.4 Å². The molecule has 0 atom stereocenters. The Balaban J connectivity index is 0.00000338. The summed E-state index contributed by atoms with van der Waals surface area (Å²) in [6.45, 7) is 7.45. The van der Waals surface area contributed by atoms with Crippen LogP contribution in [0.4, 0.5) is 4.79 Å². The van der Waals surface area contributed by atoms with Crippen molar-refractivity contribution in [3.05, 3.63) is 0 Å². The zero-order chi connectivity index (χ0) is 18.7. The number of amides is 4. The summed E-state index contributed by atoms with van der Waals surface area (Å²) < 4.78 is 0. The zero-order valence-corrected chi connectivity index (χ0v) is 16.9. The Bertz CT molecular complexity index is 531. The Kier molecular flexibility index (Phi) is 7.89. The highest BCUT2D eigenvalue weighted by Gasteiger charge is 2.53. The van der Waals surface area contributed by atoms with E-state index in [-0.39, 0.29) is 36.2 Å². The van der Waals surface area contributed by atoms with Gasteiger partial charge in [-0.15, -0.1) is 12.4 Å². The lowest BCUT2D eigenvalue weighted by atomic mass is 9.65. The molecule has 0 aromatic carbocycles. The maximum Gasteiger partial charge on any atom is 0.325 e. The van der Waals surface area contributed by atoms with E-state index >= 15 is 0 Å². The van der Waals surface area contributed by atoms with Crippen LogP contribution in [-0.2, 0) is 9.59 Å². The van der Waals surface area contributed by atoms with Crippen molar-refractivity contribution >= 4 is 30.3 Å². The standard InChI is InChI=1S/C18H32N4O3.ClH/c1-4-17(2,3)13-6-8-18(9-7-13)15(24)22(16(25)21-18)12-14(23)20-11-5-10-19;/h13H,4-12,19H2,1-3H3,(H,20,23)(H,21,25);1H. The summed E-state index contributed by atoms with van der Waals surface area (Å²) in [7, 11) is 0. The molecule has 1 aliphatic heterocycles. The van der Waals surface area contributed by atoms with Crippen molar-refractivity contribution < 1.29 is 14.4 Å². The number of nitrogens with one attached hydrogen (secondary N) is 2. The number of hydrogen-bond donors (Lipinski definition) is 3. The third-order valence-electron chi connectivity index (χ3n) is 6.11. The highest BCUT2D eigenvalue weighted by Crippen LogP contribution is 2.45. The second-order valence-corrected chi connectivity index (χ2v) is 8.01. The largest absolute Gasteiger partial charge is 0.354 e. The van der Waals surface area contributed by atoms with Crippen LogP contribution in [-0.4, -0.2) is 47.9 Å². The average molecular weight is 389 g/mol. The lowest BCUT2D eigenvalue weighted by Crippen LogP contribution is -2.51. The minimum Gasteiger partial charge on any atom is -0.354 e. The van der Waals surface area contributed by atoms with Crippen LogP contribution in [0.2, 0.25) is 0 Å². The fourth-order valence-corrected chi connectivity index (χ4v) is 3.87. The monoisotopic (exact) mass is 388 g/mol. The van der Waals surface area contributed by atoms with Gasteiger partial charge in [0.15, 0.2) is 0 Å². The van der Waals surface area contributed by atoms with Crippen LogP contribution in [0.15, 0.2) is 0 Å². The molecule has 0 radical (unpaired) electrons. The van der Waals surface area contributed by atoms with Crippen LogP contribution in [0.1, 0.15) is 59.3 Å². The first-order valence-corrected chi connectivity index (χ1v) is 9.36. The summed E-state index contributed by atoms with van der Waals surface area (Å²) in [6.07, 6.45) is 4.91. The van der Waals surface area contributed by atoms with E-state index in [0.717, 1.165) is 24.2 Å². The highest BCUT2D eigenvalue weighted by molar-refractivity contribution is 6.09.